The number of para-hydroxylation sites is 1. The second-order valence-corrected chi connectivity index (χ2v) is 7.78. The first-order chi connectivity index (χ1) is 14.7. The highest BCUT2D eigenvalue weighted by molar-refractivity contribution is 7.99. The van der Waals surface area contributed by atoms with Crippen LogP contribution in [0.3, 0.4) is 0 Å². The van der Waals surface area contributed by atoms with Gasteiger partial charge in [-0.2, -0.15) is 0 Å². The van der Waals surface area contributed by atoms with Crippen LogP contribution in [-0.4, -0.2) is 47.8 Å². The lowest BCUT2D eigenvalue weighted by atomic mass is 10.2. The molecule has 0 saturated carbocycles. The van der Waals surface area contributed by atoms with Gasteiger partial charge in [-0.1, -0.05) is 23.9 Å². The fraction of sp³-hybridized carbons (Fsp3) is 0.286. The average Bonchev–Trinajstić information content (AvgIpc) is 3.31. The summed E-state index contributed by atoms with van der Waals surface area (Å²) in [5.74, 6) is 1.51. The molecule has 1 fully saturated rings. The number of halogens is 1. The van der Waals surface area contributed by atoms with E-state index in [9.17, 15) is 9.18 Å². The average molecular weight is 428 g/mol. The number of carbonyl (C=O) groups excluding carboxylic acids is 1. The fourth-order valence-electron chi connectivity index (χ4n) is 3.26. The van der Waals surface area contributed by atoms with Crippen LogP contribution in [0.1, 0.15) is 5.76 Å². The Kier molecular flexibility index (Phi) is 6.48. The van der Waals surface area contributed by atoms with Gasteiger partial charge in [0, 0.05) is 32.2 Å². The molecule has 2 aromatic heterocycles. The maximum absolute atomic E-state index is 14.0. The summed E-state index contributed by atoms with van der Waals surface area (Å²) in [5, 5.41) is 3.56. The zero-order chi connectivity index (χ0) is 20.8. The Labute approximate surface area is 178 Å². The molecule has 1 aromatic carbocycles. The summed E-state index contributed by atoms with van der Waals surface area (Å²) in [7, 11) is 0. The van der Waals surface area contributed by atoms with E-state index in [-0.39, 0.29) is 17.5 Å². The first-order valence-corrected chi connectivity index (χ1v) is 10.7. The van der Waals surface area contributed by atoms with E-state index in [0.717, 1.165) is 23.9 Å². The quantitative estimate of drug-likeness (QED) is 0.459. The van der Waals surface area contributed by atoms with Crippen molar-refractivity contribution in [2.45, 2.75) is 11.6 Å². The van der Waals surface area contributed by atoms with Crippen molar-refractivity contribution in [1.82, 2.24) is 15.3 Å². The fourth-order valence-corrected chi connectivity index (χ4v) is 3.95. The Bertz CT molecular complexity index is 977. The molecule has 0 unspecified atom stereocenters. The van der Waals surface area contributed by atoms with Gasteiger partial charge in [-0.25, -0.2) is 14.4 Å². The molecule has 1 saturated heterocycles. The van der Waals surface area contributed by atoms with Crippen LogP contribution in [0, 0.1) is 5.82 Å². The number of thioether (sulfide) groups is 1. The first kappa shape index (κ1) is 20.2. The first-order valence-electron chi connectivity index (χ1n) is 9.67. The summed E-state index contributed by atoms with van der Waals surface area (Å²) in [4.78, 5) is 24.9. The molecule has 0 aliphatic carbocycles. The van der Waals surface area contributed by atoms with Crippen LogP contribution in [0.5, 0.6) is 0 Å². The van der Waals surface area contributed by atoms with E-state index in [0.29, 0.717) is 31.1 Å². The van der Waals surface area contributed by atoms with Gasteiger partial charge in [-0.05, 0) is 24.3 Å². The third-order valence-electron chi connectivity index (χ3n) is 4.82. The molecule has 1 amide bonds. The van der Waals surface area contributed by atoms with E-state index in [4.69, 9.17) is 4.42 Å². The number of benzene rings is 1. The Morgan fingerprint density at radius 3 is 2.67 bits per heavy atom. The summed E-state index contributed by atoms with van der Waals surface area (Å²) < 4.78 is 19.2. The summed E-state index contributed by atoms with van der Waals surface area (Å²) in [6.45, 7) is 3.26. The van der Waals surface area contributed by atoms with Gasteiger partial charge in [0.25, 0.3) is 0 Å². The topological polar surface area (TPSA) is 74.5 Å². The molecule has 7 nitrogen and oxygen atoms in total. The molecule has 4 rings (SSSR count). The van der Waals surface area contributed by atoms with Crippen LogP contribution < -0.4 is 15.1 Å². The van der Waals surface area contributed by atoms with Gasteiger partial charge in [0.05, 0.1) is 24.2 Å². The number of nitrogens with one attached hydrogen (secondary N) is 1. The van der Waals surface area contributed by atoms with E-state index < -0.39 is 0 Å². The third kappa shape index (κ3) is 5.10. The van der Waals surface area contributed by atoms with E-state index >= 15 is 0 Å². The van der Waals surface area contributed by atoms with Crippen molar-refractivity contribution in [2.24, 2.45) is 0 Å². The van der Waals surface area contributed by atoms with Crippen molar-refractivity contribution in [1.29, 1.82) is 0 Å². The van der Waals surface area contributed by atoms with Crippen LogP contribution in [0.15, 0.2) is 64.5 Å². The molecule has 30 heavy (non-hydrogen) atoms. The van der Waals surface area contributed by atoms with Crippen molar-refractivity contribution in [2.75, 3.05) is 41.7 Å². The molecule has 3 heterocycles. The highest BCUT2D eigenvalue weighted by Crippen LogP contribution is 2.24. The highest BCUT2D eigenvalue weighted by atomic mass is 32.2. The Balaban J connectivity index is 1.28. The zero-order valence-electron chi connectivity index (χ0n) is 16.3. The number of anilines is 2. The summed E-state index contributed by atoms with van der Waals surface area (Å²) in [5.41, 5.74) is 0.636. The standard InChI is InChI=1S/C21H22FN5O2S/c22-17-5-1-2-6-18(17)26-7-9-27(10-8-26)19-12-21(25-15-24-19)30-14-20(28)23-13-16-4-3-11-29-16/h1-6,11-12,15H,7-10,13-14H2,(H,23,28). The van der Waals surface area contributed by atoms with Crippen molar-refractivity contribution in [3.63, 3.8) is 0 Å². The maximum Gasteiger partial charge on any atom is 0.230 e. The number of carbonyl (C=O) groups is 1. The molecule has 0 bridgehead atoms. The van der Waals surface area contributed by atoms with Crippen LogP contribution >= 0.6 is 11.8 Å². The number of nitrogens with zero attached hydrogens (tertiary/aromatic N) is 4. The maximum atomic E-state index is 14.0. The number of furan rings is 1. The summed E-state index contributed by atoms with van der Waals surface area (Å²) >= 11 is 1.36. The van der Waals surface area contributed by atoms with Crippen LogP contribution in [0.4, 0.5) is 15.9 Å². The lowest BCUT2D eigenvalue weighted by molar-refractivity contribution is -0.118. The zero-order valence-corrected chi connectivity index (χ0v) is 17.1. The molecule has 0 atom stereocenters. The minimum Gasteiger partial charge on any atom is -0.467 e. The molecular formula is C21H22FN5O2S. The molecule has 0 radical (unpaired) electrons. The second-order valence-electron chi connectivity index (χ2n) is 6.78. The summed E-state index contributed by atoms with van der Waals surface area (Å²) in [6.07, 6.45) is 3.09. The number of piperazine rings is 1. The van der Waals surface area contributed by atoms with Crippen molar-refractivity contribution >= 4 is 29.2 Å². The molecule has 3 aromatic rings. The molecule has 1 N–H and O–H groups in total. The van der Waals surface area contributed by atoms with Gasteiger partial charge >= 0.3 is 0 Å². The predicted molar refractivity (Wildman–Crippen MR) is 114 cm³/mol. The normalized spacial score (nSPS) is 14.0. The molecule has 0 spiro atoms. The molecular weight excluding hydrogens is 405 g/mol. The van der Waals surface area contributed by atoms with Crippen molar-refractivity contribution in [3.8, 4) is 0 Å². The number of amides is 1. The minimum atomic E-state index is -0.197. The Morgan fingerprint density at radius 1 is 1.10 bits per heavy atom. The van der Waals surface area contributed by atoms with E-state index in [1.807, 2.05) is 23.1 Å². The van der Waals surface area contributed by atoms with E-state index in [2.05, 4.69) is 20.2 Å². The smallest absolute Gasteiger partial charge is 0.230 e. The third-order valence-corrected chi connectivity index (χ3v) is 5.74. The SMILES string of the molecule is O=C(CSc1cc(N2CCN(c3ccccc3F)CC2)ncn1)NCc1ccco1. The van der Waals surface area contributed by atoms with Crippen molar-refractivity contribution < 1.29 is 13.6 Å². The number of hydrogen-bond acceptors (Lipinski definition) is 7. The van der Waals surface area contributed by atoms with Gasteiger partial charge in [0.1, 0.15) is 28.7 Å². The van der Waals surface area contributed by atoms with Crippen LogP contribution in [-0.2, 0) is 11.3 Å². The summed E-state index contributed by atoms with van der Waals surface area (Å²) in [6, 6.07) is 12.3. The molecule has 1 aliphatic rings. The number of hydrogen-bond donors (Lipinski definition) is 1. The lowest BCUT2D eigenvalue weighted by Crippen LogP contribution is -2.47. The van der Waals surface area contributed by atoms with Crippen LogP contribution in [0.25, 0.3) is 0 Å². The molecule has 1 aliphatic heterocycles. The van der Waals surface area contributed by atoms with E-state index in [1.54, 1.807) is 24.5 Å². The van der Waals surface area contributed by atoms with E-state index in [1.165, 1.54) is 24.2 Å². The lowest BCUT2D eigenvalue weighted by Gasteiger charge is -2.36. The van der Waals surface area contributed by atoms with Gasteiger partial charge in [-0.15, -0.1) is 0 Å². The highest BCUT2D eigenvalue weighted by Gasteiger charge is 2.20. The second kappa shape index (κ2) is 9.62. The largest absolute Gasteiger partial charge is 0.467 e. The Hall–Kier alpha value is -3.07. The van der Waals surface area contributed by atoms with Gasteiger partial charge in [0.15, 0.2) is 0 Å². The minimum absolute atomic E-state index is 0.0879. The molecule has 9 heteroatoms. The monoisotopic (exact) mass is 427 g/mol. The Morgan fingerprint density at radius 2 is 1.90 bits per heavy atom. The van der Waals surface area contributed by atoms with Crippen molar-refractivity contribution in [3.05, 3.63) is 66.6 Å². The molecule has 156 valence electrons. The predicted octanol–water partition coefficient (Wildman–Crippen LogP) is 2.94. The number of aromatic nitrogens is 2. The number of rotatable bonds is 7. The van der Waals surface area contributed by atoms with Gasteiger partial charge in [0.2, 0.25) is 5.91 Å². The van der Waals surface area contributed by atoms with Crippen LogP contribution in [0.2, 0.25) is 0 Å². The van der Waals surface area contributed by atoms with Gasteiger partial charge in [-0.3, -0.25) is 4.79 Å². The van der Waals surface area contributed by atoms with Gasteiger partial charge < -0.3 is 19.5 Å².